The first-order chi connectivity index (χ1) is 10.6. The van der Waals surface area contributed by atoms with Gasteiger partial charge in [0.25, 0.3) is 0 Å². The number of nitrogens with one attached hydrogen (secondary N) is 2. The highest BCUT2D eigenvalue weighted by Gasteiger charge is 2.30. The van der Waals surface area contributed by atoms with E-state index >= 15 is 0 Å². The molecule has 0 radical (unpaired) electrons. The van der Waals surface area contributed by atoms with Crippen LogP contribution in [0.25, 0.3) is 0 Å². The van der Waals surface area contributed by atoms with Gasteiger partial charge in [0, 0.05) is 45.3 Å². The maximum atomic E-state index is 11.7. The number of nitrogens with zero attached hydrogens (tertiary/aromatic N) is 3. The van der Waals surface area contributed by atoms with Gasteiger partial charge >= 0.3 is 0 Å². The molecule has 0 aromatic carbocycles. The molecule has 126 valence electrons. The fourth-order valence-electron chi connectivity index (χ4n) is 3.04. The maximum absolute atomic E-state index is 11.7. The lowest BCUT2D eigenvalue weighted by atomic mass is 10.2. The van der Waals surface area contributed by atoms with Crippen LogP contribution in [0.15, 0.2) is 4.99 Å². The van der Waals surface area contributed by atoms with Crippen LogP contribution in [0.4, 0.5) is 0 Å². The second-order valence-corrected chi connectivity index (χ2v) is 6.16. The van der Waals surface area contributed by atoms with E-state index in [1.807, 2.05) is 13.8 Å². The second-order valence-electron chi connectivity index (χ2n) is 6.16. The predicted molar refractivity (Wildman–Crippen MR) is 87.0 cm³/mol. The van der Waals surface area contributed by atoms with Crippen LogP contribution in [0.5, 0.6) is 0 Å². The summed E-state index contributed by atoms with van der Waals surface area (Å²) in [7, 11) is 1.77. The first kappa shape index (κ1) is 17.0. The monoisotopic (exact) mass is 311 g/mol. The van der Waals surface area contributed by atoms with E-state index < -0.39 is 0 Å². The van der Waals surface area contributed by atoms with Crippen LogP contribution >= 0.6 is 0 Å². The summed E-state index contributed by atoms with van der Waals surface area (Å²) in [5.41, 5.74) is 0. The Bertz CT molecular complexity index is 393. The van der Waals surface area contributed by atoms with Crippen molar-refractivity contribution >= 4 is 11.9 Å². The Morgan fingerprint density at radius 3 is 2.68 bits per heavy atom. The van der Waals surface area contributed by atoms with Gasteiger partial charge in [0.05, 0.1) is 19.8 Å². The summed E-state index contributed by atoms with van der Waals surface area (Å²) in [6.45, 7) is 9.82. The van der Waals surface area contributed by atoms with Crippen molar-refractivity contribution in [1.29, 1.82) is 0 Å². The van der Waals surface area contributed by atoms with E-state index in [1.165, 1.54) is 0 Å². The molecule has 0 spiro atoms. The molecule has 0 saturated carbocycles. The van der Waals surface area contributed by atoms with Gasteiger partial charge in [0.15, 0.2) is 5.96 Å². The third-order valence-corrected chi connectivity index (χ3v) is 4.09. The van der Waals surface area contributed by atoms with Crippen LogP contribution in [0.2, 0.25) is 0 Å². The van der Waals surface area contributed by atoms with E-state index in [-0.39, 0.29) is 18.5 Å². The molecular weight excluding hydrogens is 282 g/mol. The fourth-order valence-corrected chi connectivity index (χ4v) is 3.04. The third-order valence-electron chi connectivity index (χ3n) is 4.09. The second kappa shape index (κ2) is 8.33. The first-order valence-corrected chi connectivity index (χ1v) is 8.17. The van der Waals surface area contributed by atoms with Crippen LogP contribution in [0, 0.1) is 0 Å². The molecule has 2 fully saturated rings. The van der Waals surface area contributed by atoms with Crippen LogP contribution in [-0.2, 0) is 9.53 Å². The van der Waals surface area contributed by atoms with Crippen molar-refractivity contribution in [2.24, 2.45) is 4.99 Å². The lowest BCUT2D eigenvalue weighted by molar-refractivity contribution is -0.120. The fraction of sp³-hybridized carbons (Fsp3) is 0.867. The number of amides is 1. The number of carbonyl (C=O) groups is 1. The van der Waals surface area contributed by atoms with Crippen molar-refractivity contribution in [3.05, 3.63) is 0 Å². The Morgan fingerprint density at radius 1 is 1.32 bits per heavy atom. The molecule has 1 atom stereocenters. The molecule has 2 N–H and O–H groups in total. The van der Waals surface area contributed by atoms with E-state index in [1.54, 1.807) is 7.05 Å². The van der Waals surface area contributed by atoms with Crippen LogP contribution in [0.3, 0.4) is 0 Å². The molecule has 1 amide bonds. The number of carbonyl (C=O) groups excluding carboxylic acids is 1. The van der Waals surface area contributed by atoms with E-state index in [2.05, 4.69) is 25.4 Å². The number of hydrogen-bond donors (Lipinski definition) is 2. The Kier molecular flexibility index (Phi) is 6.45. The largest absolute Gasteiger partial charge is 0.379 e. The van der Waals surface area contributed by atoms with Gasteiger partial charge in [-0.05, 0) is 20.3 Å². The van der Waals surface area contributed by atoms with Crippen molar-refractivity contribution in [1.82, 2.24) is 20.4 Å². The normalized spacial score (nSPS) is 23.9. The summed E-state index contributed by atoms with van der Waals surface area (Å²) in [4.78, 5) is 20.8. The van der Waals surface area contributed by atoms with Crippen molar-refractivity contribution in [3.63, 3.8) is 0 Å². The number of morpholine rings is 1. The van der Waals surface area contributed by atoms with Gasteiger partial charge < -0.3 is 20.3 Å². The molecule has 7 nitrogen and oxygen atoms in total. The molecule has 0 bridgehead atoms. The average Bonchev–Trinajstić information content (AvgIpc) is 2.98. The van der Waals surface area contributed by atoms with E-state index in [0.29, 0.717) is 6.04 Å². The summed E-state index contributed by atoms with van der Waals surface area (Å²) in [5, 5.41) is 6.04. The van der Waals surface area contributed by atoms with Gasteiger partial charge in [-0.2, -0.15) is 0 Å². The molecule has 7 heteroatoms. The summed E-state index contributed by atoms with van der Waals surface area (Å²) in [6.07, 6.45) is 1.14. The highest BCUT2D eigenvalue weighted by Crippen LogP contribution is 2.16. The Morgan fingerprint density at radius 2 is 2.05 bits per heavy atom. The van der Waals surface area contributed by atoms with E-state index in [0.717, 1.165) is 51.8 Å². The quantitative estimate of drug-likeness (QED) is 0.541. The Labute approximate surface area is 133 Å². The van der Waals surface area contributed by atoms with Gasteiger partial charge in [-0.25, -0.2) is 0 Å². The summed E-state index contributed by atoms with van der Waals surface area (Å²) in [6, 6.07) is 0.723. The maximum Gasteiger partial charge on any atom is 0.239 e. The minimum absolute atomic E-state index is 0.0000706. The number of hydrogen-bond acceptors (Lipinski definition) is 4. The van der Waals surface area contributed by atoms with Gasteiger partial charge in [-0.1, -0.05) is 0 Å². The predicted octanol–water partition coefficient (Wildman–Crippen LogP) is -0.507. The summed E-state index contributed by atoms with van der Waals surface area (Å²) >= 11 is 0. The number of aliphatic imine (C=N–C) groups is 1. The van der Waals surface area contributed by atoms with Crippen LogP contribution < -0.4 is 10.6 Å². The molecule has 0 aromatic heterocycles. The van der Waals surface area contributed by atoms with Crippen molar-refractivity contribution in [2.45, 2.75) is 32.4 Å². The minimum atomic E-state index is 0.0000706. The molecule has 2 aliphatic heterocycles. The highest BCUT2D eigenvalue weighted by molar-refractivity contribution is 5.86. The zero-order valence-corrected chi connectivity index (χ0v) is 14.0. The van der Waals surface area contributed by atoms with Crippen LogP contribution in [0.1, 0.15) is 20.3 Å². The van der Waals surface area contributed by atoms with Crippen molar-refractivity contribution in [3.8, 4) is 0 Å². The lowest BCUT2D eigenvalue weighted by Gasteiger charge is -2.32. The Balaban J connectivity index is 1.78. The SMILES string of the molecule is CN=C(NCC(=O)NC(C)C)N1CCC(N2CCOCC2)C1. The van der Waals surface area contributed by atoms with Gasteiger partial charge in [0.1, 0.15) is 0 Å². The lowest BCUT2D eigenvalue weighted by Crippen LogP contribution is -2.48. The standard InChI is InChI=1S/C15H29N5O2/c1-12(2)18-14(21)10-17-15(16-3)20-5-4-13(11-20)19-6-8-22-9-7-19/h12-13H,4-11H2,1-3H3,(H,16,17)(H,18,21). The van der Waals surface area contributed by atoms with Gasteiger partial charge in [-0.3, -0.25) is 14.7 Å². The van der Waals surface area contributed by atoms with Crippen molar-refractivity contribution < 1.29 is 9.53 Å². The van der Waals surface area contributed by atoms with Gasteiger partial charge in [-0.15, -0.1) is 0 Å². The molecule has 0 aromatic rings. The first-order valence-electron chi connectivity index (χ1n) is 8.17. The smallest absolute Gasteiger partial charge is 0.239 e. The molecule has 22 heavy (non-hydrogen) atoms. The molecule has 2 aliphatic rings. The Hall–Kier alpha value is -1.34. The molecular formula is C15H29N5O2. The average molecular weight is 311 g/mol. The number of likely N-dealkylation sites (tertiary alicyclic amines) is 1. The molecule has 2 saturated heterocycles. The molecule has 1 unspecified atom stereocenters. The number of rotatable bonds is 4. The zero-order chi connectivity index (χ0) is 15.9. The number of ether oxygens (including phenoxy) is 1. The van der Waals surface area contributed by atoms with Crippen LogP contribution in [-0.4, -0.2) is 86.7 Å². The molecule has 2 heterocycles. The summed E-state index contributed by atoms with van der Waals surface area (Å²) < 4.78 is 5.42. The summed E-state index contributed by atoms with van der Waals surface area (Å²) in [5.74, 6) is 0.815. The third kappa shape index (κ3) is 4.84. The molecule has 2 rings (SSSR count). The topological polar surface area (TPSA) is 69.2 Å². The van der Waals surface area contributed by atoms with Gasteiger partial charge in [0.2, 0.25) is 5.91 Å². The van der Waals surface area contributed by atoms with Crippen molar-refractivity contribution in [2.75, 3.05) is 53.0 Å². The highest BCUT2D eigenvalue weighted by atomic mass is 16.5. The number of guanidine groups is 1. The zero-order valence-electron chi connectivity index (χ0n) is 14.0. The molecule has 0 aliphatic carbocycles. The van der Waals surface area contributed by atoms with E-state index in [4.69, 9.17) is 4.74 Å². The van der Waals surface area contributed by atoms with E-state index in [9.17, 15) is 4.79 Å². The minimum Gasteiger partial charge on any atom is -0.379 e.